The summed E-state index contributed by atoms with van der Waals surface area (Å²) in [5.74, 6) is 2.22. The molecule has 114 valence electrons. The van der Waals surface area contributed by atoms with Crippen molar-refractivity contribution >= 4 is 11.6 Å². The molecule has 8 nitrogen and oxygen atoms in total. The lowest BCUT2D eigenvalue weighted by Crippen LogP contribution is -2.30. The maximum atomic E-state index is 12.4. The molecule has 3 aromatic rings. The second kappa shape index (κ2) is 4.69. The molecule has 1 unspecified atom stereocenters. The number of aryl methyl sites for hydroxylation is 2. The molecule has 0 saturated carbocycles. The quantitative estimate of drug-likeness (QED) is 0.747. The van der Waals surface area contributed by atoms with Gasteiger partial charge in [-0.3, -0.25) is 4.79 Å². The monoisotopic (exact) mass is 299 g/mol. The van der Waals surface area contributed by atoms with Crippen molar-refractivity contribution in [2.24, 2.45) is 13.0 Å². The fourth-order valence-corrected chi connectivity index (χ4v) is 3.07. The number of amides is 1. The Labute approximate surface area is 126 Å². The van der Waals surface area contributed by atoms with E-state index in [0.717, 1.165) is 30.3 Å². The fourth-order valence-electron chi connectivity index (χ4n) is 3.07. The van der Waals surface area contributed by atoms with Gasteiger partial charge >= 0.3 is 0 Å². The molecule has 1 N–H and O–H groups in total. The Morgan fingerprint density at radius 2 is 2.27 bits per heavy atom. The van der Waals surface area contributed by atoms with Gasteiger partial charge in [-0.05, 0) is 6.92 Å². The van der Waals surface area contributed by atoms with Crippen LogP contribution in [0.2, 0.25) is 0 Å². The minimum absolute atomic E-state index is 0.0869. The lowest BCUT2D eigenvalue weighted by molar-refractivity contribution is 0.0948. The molecule has 8 heteroatoms. The smallest absolute Gasteiger partial charge is 0.256 e. The van der Waals surface area contributed by atoms with Crippen LogP contribution in [0, 0.1) is 12.8 Å². The minimum Gasteiger partial charge on any atom is -0.352 e. The maximum Gasteiger partial charge on any atom is 0.256 e. The number of imidazole rings is 1. The molecule has 1 aliphatic rings. The van der Waals surface area contributed by atoms with Crippen molar-refractivity contribution < 1.29 is 4.79 Å². The number of rotatable bonds is 3. The van der Waals surface area contributed by atoms with Crippen molar-refractivity contribution in [2.45, 2.75) is 19.9 Å². The topological polar surface area (TPSA) is 82.0 Å². The largest absolute Gasteiger partial charge is 0.352 e. The van der Waals surface area contributed by atoms with E-state index in [0.29, 0.717) is 18.0 Å². The summed E-state index contributed by atoms with van der Waals surface area (Å²) in [6, 6.07) is 0. The van der Waals surface area contributed by atoms with E-state index >= 15 is 0 Å². The van der Waals surface area contributed by atoms with E-state index in [1.807, 2.05) is 30.9 Å². The molecule has 22 heavy (non-hydrogen) atoms. The number of carbonyl (C=O) groups is 1. The van der Waals surface area contributed by atoms with Crippen molar-refractivity contribution in [1.82, 2.24) is 34.3 Å². The average molecular weight is 299 g/mol. The molecule has 0 bridgehead atoms. The number of nitrogens with one attached hydrogen (secondary N) is 1. The van der Waals surface area contributed by atoms with Gasteiger partial charge in [0.05, 0.1) is 6.20 Å². The SMILES string of the molecule is Cc1nnc2n1CC(CNC(=O)c1cnn3ccn(C)c13)C2. The third-order valence-electron chi connectivity index (χ3n) is 4.26. The van der Waals surface area contributed by atoms with E-state index in [1.165, 1.54) is 0 Å². The van der Waals surface area contributed by atoms with E-state index in [-0.39, 0.29) is 5.91 Å². The Kier molecular flexibility index (Phi) is 2.78. The Hall–Kier alpha value is -2.64. The molecule has 4 rings (SSSR count). The minimum atomic E-state index is -0.0869. The highest BCUT2D eigenvalue weighted by Crippen LogP contribution is 2.19. The first kappa shape index (κ1) is 13.1. The van der Waals surface area contributed by atoms with Gasteiger partial charge in [0.25, 0.3) is 5.91 Å². The first-order valence-electron chi connectivity index (χ1n) is 7.29. The number of hydrogen-bond donors (Lipinski definition) is 1. The fraction of sp³-hybridized carbons (Fsp3) is 0.429. The highest BCUT2D eigenvalue weighted by Gasteiger charge is 2.25. The number of fused-ring (bicyclic) bond motifs is 2. The summed E-state index contributed by atoms with van der Waals surface area (Å²) in [5.41, 5.74) is 1.40. The van der Waals surface area contributed by atoms with Crippen molar-refractivity contribution in [1.29, 1.82) is 0 Å². The van der Waals surface area contributed by atoms with Crippen LogP contribution in [0.4, 0.5) is 0 Å². The Morgan fingerprint density at radius 1 is 1.41 bits per heavy atom. The van der Waals surface area contributed by atoms with Crippen molar-refractivity contribution in [3.05, 3.63) is 35.8 Å². The molecule has 0 radical (unpaired) electrons. The number of carbonyl (C=O) groups excluding carboxylic acids is 1. The zero-order valence-corrected chi connectivity index (χ0v) is 12.5. The van der Waals surface area contributed by atoms with Gasteiger partial charge in [0.1, 0.15) is 22.9 Å². The molecular weight excluding hydrogens is 282 g/mol. The van der Waals surface area contributed by atoms with Gasteiger partial charge in [-0.2, -0.15) is 5.10 Å². The second-order valence-corrected chi connectivity index (χ2v) is 5.79. The molecule has 1 amide bonds. The summed E-state index contributed by atoms with van der Waals surface area (Å²) >= 11 is 0. The highest BCUT2D eigenvalue weighted by molar-refractivity contribution is 5.99. The van der Waals surface area contributed by atoms with Crippen LogP contribution in [0.5, 0.6) is 0 Å². The third-order valence-corrected chi connectivity index (χ3v) is 4.26. The highest BCUT2D eigenvalue weighted by atomic mass is 16.1. The zero-order valence-electron chi connectivity index (χ0n) is 12.5. The van der Waals surface area contributed by atoms with Crippen LogP contribution >= 0.6 is 0 Å². The maximum absolute atomic E-state index is 12.4. The standard InChI is InChI=1S/C14H17N7O/c1-9-17-18-12-5-10(8-20(9)12)6-15-13(22)11-7-16-21-4-3-19(2)14(11)21/h3-4,7,10H,5-6,8H2,1-2H3,(H,15,22). The van der Waals surface area contributed by atoms with Crippen LogP contribution in [0.15, 0.2) is 18.6 Å². The van der Waals surface area contributed by atoms with Crippen molar-refractivity contribution in [2.75, 3.05) is 6.54 Å². The van der Waals surface area contributed by atoms with Crippen molar-refractivity contribution in [3.63, 3.8) is 0 Å². The summed E-state index contributed by atoms with van der Waals surface area (Å²) in [7, 11) is 1.90. The molecule has 0 aromatic carbocycles. The molecule has 1 atom stereocenters. The lowest BCUT2D eigenvalue weighted by atomic mass is 10.1. The molecule has 4 heterocycles. The van der Waals surface area contributed by atoms with Crippen LogP contribution in [0.3, 0.4) is 0 Å². The van der Waals surface area contributed by atoms with Crippen LogP contribution in [-0.4, -0.2) is 41.4 Å². The predicted octanol–water partition coefficient (Wildman–Crippen LogP) is 0.175. The third kappa shape index (κ3) is 1.91. The number of aromatic nitrogens is 6. The first-order chi connectivity index (χ1) is 10.6. The van der Waals surface area contributed by atoms with Crippen LogP contribution < -0.4 is 5.32 Å². The Morgan fingerprint density at radius 3 is 3.09 bits per heavy atom. The second-order valence-electron chi connectivity index (χ2n) is 5.79. The Bertz CT molecular complexity index is 856. The van der Waals surface area contributed by atoms with Gasteiger partial charge in [0.2, 0.25) is 0 Å². The van der Waals surface area contributed by atoms with Gasteiger partial charge < -0.3 is 14.5 Å². The average Bonchev–Trinajstić information content (AvgIpc) is 3.22. The first-order valence-corrected chi connectivity index (χ1v) is 7.29. The van der Waals surface area contributed by atoms with Gasteiger partial charge in [-0.25, -0.2) is 4.52 Å². The van der Waals surface area contributed by atoms with E-state index in [9.17, 15) is 4.79 Å². The van der Waals surface area contributed by atoms with Gasteiger partial charge in [0, 0.05) is 44.9 Å². The Balaban J connectivity index is 1.44. The molecule has 0 saturated heterocycles. The van der Waals surface area contributed by atoms with Crippen LogP contribution in [0.25, 0.3) is 5.65 Å². The van der Waals surface area contributed by atoms with E-state index < -0.39 is 0 Å². The number of nitrogens with zero attached hydrogens (tertiary/aromatic N) is 6. The summed E-state index contributed by atoms with van der Waals surface area (Å²) in [5, 5.41) is 15.4. The van der Waals surface area contributed by atoms with E-state index in [4.69, 9.17) is 0 Å². The van der Waals surface area contributed by atoms with E-state index in [2.05, 4.69) is 25.2 Å². The number of hydrogen-bond acceptors (Lipinski definition) is 4. The summed E-state index contributed by atoms with van der Waals surface area (Å²) < 4.78 is 5.71. The zero-order chi connectivity index (χ0) is 15.3. The van der Waals surface area contributed by atoms with Gasteiger partial charge in [-0.1, -0.05) is 0 Å². The van der Waals surface area contributed by atoms with Crippen molar-refractivity contribution in [3.8, 4) is 0 Å². The predicted molar refractivity (Wildman–Crippen MR) is 78.4 cm³/mol. The molecule has 0 fully saturated rings. The summed E-state index contributed by atoms with van der Waals surface area (Å²) in [6.45, 7) is 3.45. The lowest BCUT2D eigenvalue weighted by Gasteiger charge is -2.10. The molecule has 3 aromatic heterocycles. The molecule has 1 aliphatic heterocycles. The molecule has 0 aliphatic carbocycles. The summed E-state index contributed by atoms with van der Waals surface area (Å²) in [4.78, 5) is 12.4. The normalized spacial score (nSPS) is 17.1. The van der Waals surface area contributed by atoms with E-state index in [1.54, 1.807) is 10.7 Å². The van der Waals surface area contributed by atoms with Crippen LogP contribution in [-0.2, 0) is 20.0 Å². The van der Waals surface area contributed by atoms with Crippen LogP contribution in [0.1, 0.15) is 22.0 Å². The molecule has 0 spiro atoms. The molecular formula is C14H17N7O. The summed E-state index contributed by atoms with van der Waals surface area (Å²) in [6.07, 6.45) is 6.18. The van der Waals surface area contributed by atoms with Gasteiger partial charge in [-0.15, -0.1) is 10.2 Å². The van der Waals surface area contributed by atoms with Gasteiger partial charge in [0.15, 0.2) is 0 Å².